The van der Waals surface area contributed by atoms with Gasteiger partial charge in [0.25, 0.3) is 10.0 Å². The first-order valence-corrected chi connectivity index (χ1v) is 8.73. The summed E-state index contributed by atoms with van der Waals surface area (Å²) in [6, 6.07) is 3.49. The minimum atomic E-state index is -3.91. The molecule has 1 aromatic heterocycles. The fraction of sp³-hybridized carbons (Fsp3) is 0.0909. The van der Waals surface area contributed by atoms with E-state index in [4.69, 9.17) is 16.7 Å². The minimum absolute atomic E-state index is 0.0303. The molecule has 0 bridgehead atoms. The van der Waals surface area contributed by atoms with Gasteiger partial charge in [-0.05, 0) is 39.5 Å². The van der Waals surface area contributed by atoms with E-state index in [1.807, 2.05) is 0 Å². The van der Waals surface area contributed by atoms with E-state index in [1.54, 1.807) is 5.38 Å². The number of rotatable bonds is 4. The molecule has 0 aliphatic carbocycles. The van der Waals surface area contributed by atoms with Crippen molar-refractivity contribution in [3.63, 3.8) is 0 Å². The highest BCUT2D eigenvalue weighted by molar-refractivity contribution is 9.10. The maximum absolute atomic E-state index is 13.1. The van der Waals surface area contributed by atoms with Crippen molar-refractivity contribution >= 4 is 54.6 Å². The summed E-state index contributed by atoms with van der Waals surface area (Å²) >= 11 is 10.0. The van der Waals surface area contributed by atoms with Gasteiger partial charge in [0, 0.05) is 4.47 Å². The van der Waals surface area contributed by atoms with Gasteiger partial charge in [-0.2, -0.15) is 0 Å². The maximum Gasteiger partial charge on any atom is 0.263 e. The van der Waals surface area contributed by atoms with Crippen molar-refractivity contribution in [1.82, 2.24) is 0 Å². The van der Waals surface area contributed by atoms with Gasteiger partial charge < -0.3 is 5.11 Å². The average molecular weight is 401 g/mol. The summed E-state index contributed by atoms with van der Waals surface area (Å²) in [4.78, 5) is 0.282. The Labute approximate surface area is 132 Å². The summed E-state index contributed by atoms with van der Waals surface area (Å²) in [6.07, 6.45) is 0. The van der Waals surface area contributed by atoms with Crippen LogP contribution in [0.3, 0.4) is 0 Å². The number of thiophene rings is 1. The summed E-state index contributed by atoms with van der Waals surface area (Å²) in [6.45, 7) is -0.383. The Morgan fingerprint density at radius 1 is 1.45 bits per heavy atom. The van der Waals surface area contributed by atoms with Gasteiger partial charge in [0.05, 0.1) is 22.2 Å². The topological polar surface area (TPSA) is 66.4 Å². The van der Waals surface area contributed by atoms with Crippen LogP contribution in [0.5, 0.6) is 0 Å². The van der Waals surface area contributed by atoms with Crippen LogP contribution in [0.1, 0.15) is 4.88 Å². The van der Waals surface area contributed by atoms with Crippen molar-refractivity contribution in [2.75, 3.05) is 4.72 Å². The van der Waals surface area contributed by atoms with Gasteiger partial charge in [0.1, 0.15) is 10.7 Å². The number of aliphatic hydroxyl groups is 1. The molecule has 0 aliphatic rings. The normalized spacial score (nSPS) is 11.6. The molecule has 0 radical (unpaired) electrons. The lowest BCUT2D eigenvalue weighted by atomic mass is 10.3. The van der Waals surface area contributed by atoms with Gasteiger partial charge in [-0.1, -0.05) is 11.6 Å². The molecule has 0 spiro atoms. The van der Waals surface area contributed by atoms with Crippen LogP contribution < -0.4 is 4.72 Å². The van der Waals surface area contributed by atoms with E-state index < -0.39 is 15.8 Å². The molecule has 4 nitrogen and oxygen atoms in total. The van der Waals surface area contributed by atoms with E-state index in [1.165, 1.54) is 6.07 Å². The monoisotopic (exact) mass is 399 g/mol. The van der Waals surface area contributed by atoms with Crippen molar-refractivity contribution in [2.24, 2.45) is 0 Å². The lowest BCUT2D eigenvalue weighted by Crippen LogP contribution is -2.14. The average Bonchev–Trinajstić information content (AvgIpc) is 2.83. The zero-order valence-corrected chi connectivity index (χ0v) is 13.7. The van der Waals surface area contributed by atoms with E-state index in [0.29, 0.717) is 4.88 Å². The molecular formula is C11H8BrClFNO3S2. The Kier molecular flexibility index (Phi) is 4.70. The fourth-order valence-corrected chi connectivity index (χ4v) is 5.00. The highest BCUT2D eigenvalue weighted by Crippen LogP contribution is 2.34. The molecule has 0 fully saturated rings. The van der Waals surface area contributed by atoms with Crippen LogP contribution in [0.4, 0.5) is 10.1 Å². The Bertz CT molecular complexity index is 725. The molecule has 0 saturated carbocycles. The van der Waals surface area contributed by atoms with Gasteiger partial charge >= 0.3 is 0 Å². The molecule has 0 amide bonds. The predicted molar refractivity (Wildman–Crippen MR) is 80.2 cm³/mol. The summed E-state index contributed by atoms with van der Waals surface area (Å²) in [5, 5.41) is 10.6. The quantitative estimate of drug-likeness (QED) is 0.824. The number of halogens is 3. The Balaban J connectivity index is 2.44. The molecule has 9 heteroatoms. The second-order valence-corrected chi connectivity index (χ2v) is 7.63. The number of hydrogen-bond acceptors (Lipinski definition) is 4. The first-order chi connectivity index (χ1) is 9.35. The molecule has 20 heavy (non-hydrogen) atoms. The third-order valence-corrected chi connectivity index (χ3v) is 5.77. The number of sulfonamides is 1. The molecule has 1 heterocycles. The summed E-state index contributed by atoms with van der Waals surface area (Å²) in [7, 11) is -3.91. The maximum atomic E-state index is 13.1. The van der Waals surface area contributed by atoms with Crippen molar-refractivity contribution in [1.29, 1.82) is 0 Å². The fourth-order valence-electron chi connectivity index (χ4n) is 1.51. The number of aliphatic hydroxyl groups excluding tert-OH is 1. The standard InChI is InChI=1S/C11H8BrClFNO3S2/c12-7-3-6(14)4-8(13)11(7)15-20(17,18)10-1-2-19-9(10)5-16/h1-4,15-16H,5H2. The lowest BCUT2D eigenvalue weighted by molar-refractivity contribution is 0.282. The zero-order chi connectivity index (χ0) is 14.9. The van der Waals surface area contributed by atoms with Crippen LogP contribution >= 0.6 is 38.9 Å². The molecule has 0 atom stereocenters. The molecule has 0 aliphatic heterocycles. The van der Waals surface area contributed by atoms with Crippen molar-refractivity contribution in [2.45, 2.75) is 11.5 Å². The molecule has 0 unspecified atom stereocenters. The number of benzene rings is 1. The van der Waals surface area contributed by atoms with E-state index in [9.17, 15) is 12.8 Å². The molecule has 0 saturated heterocycles. The van der Waals surface area contributed by atoms with Crippen LogP contribution in [0.25, 0.3) is 0 Å². The second kappa shape index (κ2) is 5.98. The first kappa shape index (κ1) is 15.7. The SMILES string of the molecule is O=S(=O)(Nc1c(Cl)cc(F)cc1Br)c1ccsc1CO. The lowest BCUT2D eigenvalue weighted by Gasteiger charge is -2.11. The smallest absolute Gasteiger partial charge is 0.263 e. The van der Waals surface area contributed by atoms with E-state index in [-0.39, 0.29) is 26.7 Å². The molecule has 108 valence electrons. The highest BCUT2D eigenvalue weighted by atomic mass is 79.9. The van der Waals surface area contributed by atoms with Gasteiger partial charge in [-0.15, -0.1) is 11.3 Å². The molecule has 2 rings (SSSR count). The van der Waals surface area contributed by atoms with Gasteiger partial charge in [0.15, 0.2) is 0 Å². The van der Waals surface area contributed by atoms with Gasteiger partial charge in [-0.25, -0.2) is 12.8 Å². The van der Waals surface area contributed by atoms with Gasteiger partial charge in [0.2, 0.25) is 0 Å². The molecular weight excluding hydrogens is 393 g/mol. The zero-order valence-electron chi connectivity index (χ0n) is 9.73. The van der Waals surface area contributed by atoms with Crippen LogP contribution in [0.15, 0.2) is 32.9 Å². The van der Waals surface area contributed by atoms with Gasteiger partial charge in [-0.3, -0.25) is 4.72 Å². The predicted octanol–water partition coefficient (Wildman–Crippen LogP) is 3.60. The summed E-state index contributed by atoms with van der Waals surface area (Å²) in [5.41, 5.74) is 0.0446. The Hall–Kier alpha value is -0.670. The van der Waals surface area contributed by atoms with E-state index in [0.717, 1.165) is 23.5 Å². The van der Waals surface area contributed by atoms with Crippen LogP contribution in [0.2, 0.25) is 5.02 Å². The molecule has 2 N–H and O–H groups in total. The summed E-state index contributed by atoms with van der Waals surface area (Å²) < 4.78 is 40.1. The number of anilines is 1. The third kappa shape index (κ3) is 3.15. The molecule has 2 aromatic rings. The third-order valence-electron chi connectivity index (χ3n) is 2.38. The second-order valence-electron chi connectivity index (χ2n) is 3.72. The summed E-state index contributed by atoms with van der Waals surface area (Å²) in [5.74, 6) is -0.587. The molecule has 1 aromatic carbocycles. The van der Waals surface area contributed by atoms with Crippen molar-refractivity contribution in [3.05, 3.63) is 43.8 Å². The Morgan fingerprint density at radius 2 is 2.15 bits per heavy atom. The number of nitrogens with one attached hydrogen (secondary N) is 1. The van der Waals surface area contributed by atoms with Crippen molar-refractivity contribution < 1.29 is 17.9 Å². The highest BCUT2D eigenvalue weighted by Gasteiger charge is 2.22. The van der Waals surface area contributed by atoms with Crippen molar-refractivity contribution in [3.8, 4) is 0 Å². The van der Waals surface area contributed by atoms with Crippen LogP contribution in [-0.2, 0) is 16.6 Å². The largest absolute Gasteiger partial charge is 0.391 e. The van der Waals surface area contributed by atoms with E-state index in [2.05, 4.69) is 20.7 Å². The van der Waals surface area contributed by atoms with Crippen LogP contribution in [-0.4, -0.2) is 13.5 Å². The number of hydrogen-bond donors (Lipinski definition) is 2. The van der Waals surface area contributed by atoms with E-state index >= 15 is 0 Å². The first-order valence-electron chi connectivity index (χ1n) is 5.19. The van der Waals surface area contributed by atoms with Crippen LogP contribution in [0, 0.1) is 5.82 Å². The Morgan fingerprint density at radius 3 is 2.75 bits per heavy atom. The minimum Gasteiger partial charge on any atom is -0.391 e.